The van der Waals surface area contributed by atoms with Gasteiger partial charge in [-0.25, -0.2) is 0 Å². The normalized spacial score (nSPS) is 11.2. The van der Waals surface area contributed by atoms with E-state index in [0.29, 0.717) is 5.82 Å². The van der Waals surface area contributed by atoms with Crippen molar-refractivity contribution in [1.29, 1.82) is 0 Å². The van der Waals surface area contributed by atoms with E-state index in [1.807, 2.05) is 32.4 Å². The van der Waals surface area contributed by atoms with Gasteiger partial charge in [0.05, 0.1) is 0 Å². The first-order chi connectivity index (χ1) is 5.74. The maximum Gasteiger partial charge on any atom is 0.152 e. The van der Waals surface area contributed by atoms with Crippen LogP contribution in [-0.4, -0.2) is 23.4 Å². The fraction of sp³-hybridized carbons (Fsp3) is 0.375. The Morgan fingerprint density at radius 2 is 2.50 bits per heavy atom. The van der Waals surface area contributed by atoms with E-state index >= 15 is 0 Å². The van der Waals surface area contributed by atoms with Crippen LogP contribution >= 0.6 is 0 Å². The molecule has 1 rings (SSSR count). The van der Waals surface area contributed by atoms with Gasteiger partial charge in [-0.2, -0.15) is 5.10 Å². The highest BCUT2D eigenvalue weighted by Gasteiger charge is 1.97. The zero-order valence-corrected chi connectivity index (χ0v) is 7.41. The number of aryl methyl sites for hydroxylation is 1. The van der Waals surface area contributed by atoms with Crippen LogP contribution in [0.15, 0.2) is 12.3 Å². The summed E-state index contributed by atoms with van der Waals surface area (Å²) in [6, 6.07) is 0. The third kappa shape index (κ3) is 2.10. The van der Waals surface area contributed by atoms with Crippen LogP contribution in [0.1, 0.15) is 5.56 Å². The lowest BCUT2D eigenvalue weighted by Crippen LogP contribution is -2.03. The average molecular weight is 166 g/mol. The molecule has 0 aromatic carbocycles. The summed E-state index contributed by atoms with van der Waals surface area (Å²) in [5.74, 6) is 0.574. The highest BCUT2D eigenvalue weighted by Crippen LogP contribution is 2.09. The molecule has 0 aliphatic rings. The Balaban J connectivity index is 2.68. The van der Waals surface area contributed by atoms with Gasteiger partial charge in [0.1, 0.15) is 0 Å². The van der Waals surface area contributed by atoms with E-state index in [4.69, 9.17) is 5.73 Å². The molecule has 1 heterocycles. The van der Waals surface area contributed by atoms with Crippen LogP contribution < -0.4 is 11.1 Å². The third-order valence-electron chi connectivity index (χ3n) is 1.51. The van der Waals surface area contributed by atoms with Crippen molar-refractivity contribution in [1.82, 2.24) is 15.1 Å². The Kier molecular flexibility index (Phi) is 2.88. The molecule has 1 aromatic heterocycles. The minimum absolute atomic E-state index is 0.574. The largest absolute Gasteiger partial charge is 0.382 e. The summed E-state index contributed by atoms with van der Waals surface area (Å²) in [5.41, 5.74) is 6.59. The molecule has 66 valence electrons. The molecule has 4 heteroatoms. The Morgan fingerprint density at radius 1 is 1.75 bits per heavy atom. The first-order valence-corrected chi connectivity index (χ1v) is 3.84. The van der Waals surface area contributed by atoms with Crippen LogP contribution in [0.5, 0.6) is 0 Å². The average Bonchev–Trinajstić information content (AvgIpc) is 2.31. The molecule has 0 aliphatic heterocycles. The van der Waals surface area contributed by atoms with Gasteiger partial charge in [-0.3, -0.25) is 4.68 Å². The second-order valence-electron chi connectivity index (χ2n) is 2.60. The zero-order valence-electron chi connectivity index (χ0n) is 7.41. The molecule has 0 saturated carbocycles. The van der Waals surface area contributed by atoms with Gasteiger partial charge in [0, 0.05) is 25.4 Å². The number of anilines is 1. The summed E-state index contributed by atoms with van der Waals surface area (Å²) >= 11 is 0. The van der Waals surface area contributed by atoms with Crippen LogP contribution in [-0.2, 0) is 7.05 Å². The van der Waals surface area contributed by atoms with E-state index < -0.39 is 0 Å². The van der Waals surface area contributed by atoms with E-state index in [-0.39, 0.29) is 0 Å². The fourth-order valence-electron chi connectivity index (χ4n) is 0.956. The number of nitrogens with one attached hydrogen (secondary N) is 1. The van der Waals surface area contributed by atoms with Gasteiger partial charge in [-0.1, -0.05) is 12.2 Å². The van der Waals surface area contributed by atoms with E-state index in [9.17, 15) is 0 Å². The molecule has 0 radical (unpaired) electrons. The highest BCUT2D eigenvalue weighted by atomic mass is 15.3. The highest BCUT2D eigenvalue weighted by molar-refractivity contribution is 5.60. The Morgan fingerprint density at radius 3 is 3.00 bits per heavy atom. The van der Waals surface area contributed by atoms with Gasteiger partial charge in [0.15, 0.2) is 5.82 Å². The summed E-state index contributed by atoms with van der Waals surface area (Å²) < 4.78 is 1.70. The predicted octanol–water partition coefficient (Wildman–Crippen LogP) is 0.235. The van der Waals surface area contributed by atoms with Crippen molar-refractivity contribution in [3.8, 4) is 0 Å². The number of nitrogens with two attached hydrogens (primary N) is 1. The van der Waals surface area contributed by atoms with Gasteiger partial charge >= 0.3 is 0 Å². The molecule has 0 fully saturated rings. The number of aromatic nitrogens is 2. The van der Waals surface area contributed by atoms with E-state index in [0.717, 1.165) is 12.1 Å². The maximum atomic E-state index is 5.62. The lowest BCUT2D eigenvalue weighted by Gasteiger charge is -1.88. The van der Waals surface area contributed by atoms with E-state index in [1.54, 1.807) is 4.68 Å². The Hall–Kier alpha value is -1.29. The van der Waals surface area contributed by atoms with Crippen molar-refractivity contribution < 1.29 is 0 Å². The molecule has 0 atom stereocenters. The van der Waals surface area contributed by atoms with Gasteiger partial charge in [-0.15, -0.1) is 0 Å². The predicted molar refractivity (Wildman–Crippen MR) is 50.6 cm³/mol. The van der Waals surface area contributed by atoms with Gasteiger partial charge in [-0.05, 0) is 7.05 Å². The molecule has 4 nitrogen and oxygen atoms in total. The van der Waals surface area contributed by atoms with E-state index in [2.05, 4.69) is 10.4 Å². The number of hydrogen-bond donors (Lipinski definition) is 2. The number of likely N-dealkylation sites (N-methyl/N-ethyl adjacent to an activating group) is 1. The number of nitrogen functional groups attached to an aromatic ring is 1. The number of nitrogens with zero attached hydrogens (tertiary/aromatic N) is 2. The van der Waals surface area contributed by atoms with Crippen molar-refractivity contribution in [2.24, 2.45) is 7.05 Å². The molecule has 0 bridgehead atoms. The van der Waals surface area contributed by atoms with Crippen LogP contribution in [0, 0.1) is 0 Å². The van der Waals surface area contributed by atoms with Gasteiger partial charge < -0.3 is 11.1 Å². The fourth-order valence-corrected chi connectivity index (χ4v) is 0.956. The first kappa shape index (κ1) is 8.80. The standard InChI is InChI=1S/C8H14N4/c1-10-5-3-4-7-6-12(2)11-8(7)9/h3-4,6,10H,5H2,1-2H3,(H2,9,11). The van der Waals surface area contributed by atoms with Crippen molar-refractivity contribution in [2.75, 3.05) is 19.3 Å². The Bertz CT molecular complexity index is 275. The van der Waals surface area contributed by atoms with Crippen LogP contribution in [0.25, 0.3) is 6.08 Å². The first-order valence-electron chi connectivity index (χ1n) is 3.84. The Labute approximate surface area is 72.1 Å². The molecule has 0 amide bonds. The van der Waals surface area contributed by atoms with Crippen molar-refractivity contribution in [2.45, 2.75) is 0 Å². The zero-order chi connectivity index (χ0) is 8.97. The second-order valence-corrected chi connectivity index (χ2v) is 2.60. The van der Waals surface area contributed by atoms with Gasteiger partial charge in [0.2, 0.25) is 0 Å². The quantitative estimate of drug-likeness (QED) is 0.676. The lowest BCUT2D eigenvalue weighted by molar-refractivity contribution is 0.772. The minimum atomic E-state index is 0.574. The van der Waals surface area contributed by atoms with Crippen molar-refractivity contribution in [3.63, 3.8) is 0 Å². The maximum absolute atomic E-state index is 5.62. The number of rotatable bonds is 3. The molecule has 12 heavy (non-hydrogen) atoms. The summed E-state index contributed by atoms with van der Waals surface area (Å²) in [7, 11) is 3.75. The summed E-state index contributed by atoms with van der Waals surface area (Å²) in [5, 5.41) is 7.02. The SMILES string of the molecule is CNCC=Cc1cn(C)nc1N. The third-order valence-corrected chi connectivity index (χ3v) is 1.51. The smallest absolute Gasteiger partial charge is 0.152 e. The van der Waals surface area contributed by atoms with Crippen LogP contribution in [0.2, 0.25) is 0 Å². The van der Waals surface area contributed by atoms with Gasteiger partial charge in [0.25, 0.3) is 0 Å². The number of hydrogen-bond acceptors (Lipinski definition) is 3. The summed E-state index contributed by atoms with van der Waals surface area (Å²) in [6.07, 6.45) is 5.85. The monoisotopic (exact) mass is 166 g/mol. The van der Waals surface area contributed by atoms with Crippen LogP contribution in [0.4, 0.5) is 5.82 Å². The molecule has 3 N–H and O–H groups in total. The minimum Gasteiger partial charge on any atom is -0.382 e. The van der Waals surface area contributed by atoms with E-state index in [1.165, 1.54) is 0 Å². The lowest BCUT2D eigenvalue weighted by atomic mass is 10.3. The summed E-state index contributed by atoms with van der Waals surface area (Å²) in [4.78, 5) is 0. The molecule has 1 aromatic rings. The summed E-state index contributed by atoms with van der Waals surface area (Å²) in [6.45, 7) is 0.842. The second kappa shape index (κ2) is 3.92. The molecular weight excluding hydrogens is 152 g/mol. The molecule has 0 spiro atoms. The molecule has 0 aliphatic carbocycles. The van der Waals surface area contributed by atoms with Crippen LogP contribution in [0.3, 0.4) is 0 Å². The molecule has 0 saturated heterocycles. The van der Waals surface area contributed by atoms with Crippen molar-refractivity contribution >= 4 is 11.9 Å². The molecule has 0 unspecified atom stereocenters. The van der Waals surface area contributed by atoms with Crippen molar-refractivity contribution in [3.05, 3.63) is 17.8 Å². The molecular formula is C8H14N4. The topological polar surface area (TPSA) is 55.9 Å².